The molecule has 1 heterocycles. The van der Waals surface area contributed by atoms with Crippen LogP contribution in [0.5, 0.6) is 0 Å². The number of fused-ring (bicyclic) bond motifs is 1. The summed E-state index contributed by atoms with van der Waals surface area (Å²) >= 11 is 0. The zero-order chi connectivity index (χ0) is 13.6. The molecule has 2 aliphatic rings. The Morgan fingerprint density at radius 2 is 2.11 bits per heavy atom. The van der Waals surface area contributed by atoms with Gasteiger partial charge in [0.25, 0.3) is 0 Å². The van der Waals surface area contributed by atoms with Gasteiger partial charge in [0, 0.05) is 18.2 Å². The normalized spacial score (nSPS) is 19.9. The first kappa shape index (κ1) is 12.4. The van der Waals surface area contributed by atoms with Gasteiger partial charge in [-0.15, -0.1) is 0 Å². The molecule has 1 fully saturated rings. The van der Waals surface area contributed by atoms with Crippen LogP contribution in [0.3, 0.4) is 0 Å². The summed E-state index contributed by atoms with van der Waals surface area (Å²) in [7, 11) is -3.54. The largest absolute Gasteiger partial charge is 0.478 e. The van der Waals surface area contributed by atoms with Crippen molar-refractivity contribution in [3.63, 3.8) is 0 Å². The molecule has 6 heteroatoms. The summed E-state index contributed by atoms with van der Waals surface area (Å²) in [4.78, 5) is 11.5. The molecule has 1 aromatic carbocycles. The molecule has 3 rings (SSSR count). The number of aromatic carboxylic acids is 1. The van der Waals surface area contributed by atoms with Crippen LogP contribution in [0.2, 0.25) is 0 Å². The molecule has 2 N–H and O–H groups in total. The van der Waals surface area contributed by atoms with Gasteiger partial charge in [-0.1, -0.05) is 6.07 Å². The molecule has 0 aromatic heterocycles. The van der Waals surface area contributed by atoms with Gasteiger partial charge < -0.3 is 10.4 Å². The van der Waals surface area contributed by atoms with Crippen LogP contribution >= 0.6 is 0 Å². The number of sulfone groups is 1. The van der Waals surface area contributed by atoms with E-state index in [1.165, 1.54) is 24.3 Å². The molecule has 1 aliphatic carbocycles. The summed E-state index contributed by atoms with van der Waals surface area (Å²) < 4.78 is 24.6. The molecular formula is C13H13NO4S. The highest BCUT2D eigenvalue weighted by molar-refractivity contribution is 7.95. The summed E-state index contributed by atoms with van der Waals surface area (Å²) in [5.74, 6) is -1.11. The van der Waals surface area contributed by atoms with Gasteiger partial charge in [-0.3, -0.25) is 0 Å². The standard InChI is InChI=1S/C13H13NO4S/c15-13(16)10-2-1-3-12-11(10)6-9(19(12,17)18)7-14-8-4-5-8/h1-3,6,8,14H,4-5,7H2,(H,15,16). The molecule has 19 heavy (non-hydrogen) atoms. The Morgan fingerprint density at radius 1 is 1.37 bits per heavy atom. The average Bonchev–Trinajstić information content (AvgIpc) is 3.13. The average molecular weight is 279 g/mol. The van der Waals surface area contributed by atoms with Crippen LogP contribution in [0.25, 0.3) is 6.08 Å². The van der Waals surface area contributed by atoms with Crippen molar-refractivity contribution in [3.05, 3.63) is 34.2 Å². The van der Waals surface area contributed by atoms with Gasteiger partial charge in [0.2, 0.25) is 9.84 Å². The minimum atomic E-state index is -3.54. The van der Waals surface area contributed by atoms with Gasteiger partial charge in [0.15, 0.2) is 0 Å². The molecule has 1 aliphatic heterocycles. The van der Waals surface area contributed by atoms with E-state index in [-0.39, 0.29) is 21.9 Å². The number of hydrogen-bond acceptors (Lipinski definition) is 4. The third-order valence-electron chi connectivity index (χ3n) is 3.38. The Balaban J connectivity index is 2.02. The highest BCUT2D eigenvalue weighted by atomic mass is 32.2. The van der Waals surface area contributed by atoms with Crippen molar-refractivity contribution in [1.29, 1.82) is 0 Å². The second kappa shape index (κ2) is 4.18. The molecular weight excluding hydrogens is 266 g/mol. The fraction of sp³-hybridized carbons (Fsp3) is 0.308. The molecule has 0 bridgehead atoms. The van der Waals surface area contributed by atoms with E-state index in [9.17, 15) is 13.2 Å². The Bertz CT molecular complexity index is 687. The third kappa shape index (κ3) is 2.06. The second-order valence-electron chi connectivity index (χ2n) is 4.79. The van der Waals surface area contributed by atoms with Crippen molar-refractivity contribution < 1.29 is 18.3 Å². The molecule has 1 saturated carbocycles. The van der Waals surface area contributed by atoms with E-state index in [0.29, 0.717) is 11.6 Å². The molecule has 5 nitrogen and oxygen atoms in total. The molecule has 0 amide bonds. The zero-order valence-electron chi connectivity index (χ0n) is 10.1. The molecule has 0 radical (unpaired) electrons. The van der Waals surface area contributed by atoms with Gasteiger partial charge in [-0.05, 0) is 31.1 Å². The van der Waals surface area contributed by atoms with Gasteiger partial charge in [-0.2, -0.15) is 0 Å². The maximum atomic E-state index is 12.3. The van der Waals surface area contributed by atoms with Crippen LogP contribution in [-0.4, -0.2) is 32.1 Å². The quantitative estimate of drug-likeness (QED) is 0.867. The van der Waals surface area contributed by atoms with Gasteiger partial charge in [0.1, 0.15) is 0 Å². The van der Waals surface area contributed by atoms with Gasteiger partial charge in [-0.25, -0.2) is 13.2 Å². The van der Waals surface area contributed by atoms with Crippen LogP contribution in [0, 0.1) is 0 Å². The minimum Gasteiger partial charge on any atom is -0.478 e. The van der Waals surface area contributed by atoms with Gasteiger partial charge >= 0.3 is 5.97 Å². The topological polar surface area (TPSA) is 83.5 Å². The lowest BCUT2D eigenvalue weighted by Gasteiger charge is -2.05. The fourth-order valence-electron chi connectivity index (χ4n) is 2.17. The molecule has 0 saturated heterocycles. The summed E-state index contributed by atoms with van der Waals surface area (Å²) in [5, 5.41) is 12.2. The number of nitrogens with one attached hydrogen (secondary N) is 1. The predicted octanol–water partition coefficient (Wildman–Crippen LogP) is 1.27. The SMILES string of the molecule is O=C(O)c1cccc2c1C=C(CNC1CC1)S2(=O)=O. The van der Waals surface area contributed by atoms with Crippen molar-refractivity contribution in [2.45, 2.75) is 23.8 Å². The van der Waals surface area contributed by atoms with E-state index in [1.54, 1.807) is 0 Å². The molecule has 1 aromatic rings. The zero-order valence-corrected chi connectivity index (χ0v) is 10.9. The number of hydrogen-bond donors (Lipinski definition) is 2. The number of carboxylic acids is 1. The van der Waals surface area contributed by atoms with Crippen molar-refractivity contribution in [2.75, 3.05) is 6.54 Å². The lowest BCUT2D eigenvalue weighted by Crippen LogP contribution is -2.21. The Morgan fingerprint density at radius 3 is 2.74 bits per heavy atom. The molecule has 0 unspecified atom stereocenters. The first-order valence-corrected chi connectivity index (χ1v) is 7.54. The van der Waals surface area contributed by atoms with E-state index in [4.69, 9.17) is 5.11 Å². The monoisotopic (exact) mass is 279 g/mol. The molecule has 0 atom stereocenters. The van der Waals surface area contributed by atoms with Crippen molar-refractivity contribution in [2.24, 2.45) is 0 Å². The fourth-order valence-corrected chi connectivity index (χ4v) is 3.72. The van der Waals surface area contributed by atoms with E-state index >= 15 is 0 Å². The minimum absolute atomic E-state index is 0.0301. The third-order valence-corrected chi connectivity index (χ3v) is 5.27. The second-order valence-corrected chi connectivity index (χ2v) is 6.76. The number of benzene rings is 1. The molecule has 0 spiro atoms. The highest BCUT2D eigenvalue weighted by Crippen LogP contribution is 2.35. The lowest BCUT2D eigenvalue weighted by molar-refractivity contribution is 0.0696. The Hall–Kier alpha value is -1.66. The first-order chi connectivity index (χ1) is 9.00. The van der Waals surface area contributed by atoms with Gasteiger partial charge in [0.05, 0.1) is 15.4 Å². The van der Waals surface area contributed by atoms with Crippen molar-refractivity contribution >= 4 is 21.9 Å². The van der Waals surface area contributed by atoms with E-state index in [0.717, 1.165) is 12.8 Å². The maximum absolute atomic E-state index is 12.3. The summed E-state index contributed by atoms with van der Waals surface area (Å²) in [6.07, 6.45) is 3.62. The Kier molecular flexibility index (Phi) is 2.72. The number of carboxylic acid groups (broad SMARTS) is 1. The summed E-state index contributed by atoms with van der Waals surface area (Å²) in [5.41, 5.74) is 0.324. The maximum Gasteiger partial charge on any atom is 0.336 e. The lowest BCUT2D eigenvalue weighted by atomic mass is 10.1. The predicted molar refractivity (Wildman–Crippen MR) is 69.6 cm³/mol. The van der Waals surface area contributed by atoms with Crippen molar-refractivity contribution in [1.82, 2.24) is 5.32 Å². The number of carbonyl (C=O) groups is 1. The van der Waals surface area contributed by atoms with E-state index in [1.807, 2.05) is 0 Å². The molecule has 100 valence electrons. The van der Waals surface area contributed by atoms with Crippen LogP contribution in [0.1, 0.15) is 28.8 Å². The van der Waals surface area contributed by atoms with Crippen LogP contribution in [-0.2, 0) is 9.84 Å². The summed E-state index contributed by atoms with van der Waals surface area (Å²) in [6, 6.07) is 4.74. The summed E-state index contributed by atoms with van der Waals surface area (Å²) in [6.45, 7) is 0.265. The first-order valence-electron chi connectivity index (χ1n) is 6.05. The van der Waals surface area contributed by atoms with Crippen molar-refractivity contribution in [3.8, 4) is 0 Å². The van der Waals surface area contributed by atoms with Crippen LogP contribution in [0.15, 0.2) is 28.0 Å². The van der Waals surface area contributed by atoms with E-state index in [2.05, 4.69) is 5.32 Å². The van der Waals surface area contributed by atoms with Crippen LogP contribution < -0.4 is 5.32 Å². The smallest absolute Gasteiger partial charge is 0.336 e. The highest BCUT2D eigenvalue weighted by Gasteiger charge is 2.33. The Labute approximate surface area is 110 Å². The van der Waals surface area contributed by atoms with E-state index < -0.39 is 15.8 Å². The van der Waals surface area contributed by atoms with Crippen LogP contribution in [0.4, 0.5) is 0 Å². The number of rotatable bonds is 4.